The van der Waals surface area contributed by atoms with E-state index in [-0.39, 0.29) is 5.56 Å². The number of ketones is 1. The number of hydrogen-bond acceptors (Lipinski definition) is 8. The first-order valence-corrected chi connectivity index (χ1v) is 11.6. The first kappa shape index (κ1) is 23.2. The maximum atomic E-state index is 13.4. The Bertz CT molecular complexity index is 1450. The summed E-state index contributed by atoms with van der Waals surface area (Å²) in [5.74, 6) is -0.310. The van der Waals surface area contributed by atoms with Crippen LogP contribution in [0.25, 0.3) is 16.7 Å². The molecule has 1 saturated heterocycles. The number of aryl methyl sites for hydroxylation is 1. The lowest BCUT2D eigenvalue weighted by atomic mass is 10.1. The molecule has 0 atom stereocenters. The average molecular weight is 487 g/mol. The first-order chi connectivity index (χ1) is 17.5. The molecule has 1 aromatic carbocycles. The lowest BCUT2D eigenvalue weighted by molar-refractivity contribution is -0.126. The van der Waals surface area contributed by atoms with Gasteiger partial charge in [-0.05, 0) is 25.5 Å². The highest BCUT2D eigenvalue weighted by molar-refractivity contribution is 6.45. The number of aromatic amines is 1. The number of H-pyrrole nitrogens is 1. The molecule has 0 bridgehead atoms. The smallest absolute Gasteiger partial charge is 0.295 e. The van der Waals surface area contributed by atoms with Crippen LogP contribution in [0.1, 0.15) is 22.8 Å². The molecule has 0 unspecified atom stereocenters. The van der Waals surface area contributed by atoms with Crippen molar-refractivity contribution < 1.29 is 14.3 Å². The van der Waals surface area contributed by atoms with Crippen molar-refractivity contribution in [1.29, 1.82) is 0 Å². The number of methoxy groups -OCH3 is 1. The molecule has 4 aromatic rings. The molecular weight excluding hydrogens is 460 g/mol. The van der Waals surface area contributed by atoms with Crippen LogP contribution in [0.5, 0.6) is 5.75 Å². The minimum atomic E-state index is -0.601. The third kappa shape index (κ3) is 3.98. The van der Waals surface area contributed by atoms with Gasteiger partial charge in [0.1, 0.15) is 18.4 Å². The standard InChI is InChI=1S/C25H26N8O3/c1-4-27-21-16(2)6-5-7-18(21)31-8-10-32(11-9-31)25(35)23(34)17-12-28-22-20(17)19(36-3)13-29-24(22)33-15-26-14-30-33/h4-7,12-15,28H,8-11H2,1-3H3/b27-4-. The van der Waals surface area contributed by atoms with Gasteiger partial charge in [-0.15, -0.1) is 0 Å². The Morgan fingerprint density at radius 3 is 2.69 bits per heavy atom. The lowest BCUT2D eigenvalue weighted by Gasteiger charge is -2.36. The maximum Gasteiger partial charge on any atom is 0.295 e. The van der Waals surface area contributed by atoms with E-state index in [0.717, 1.165) is 16.9 Å². The molecular formula is C25H26N8O3. The summed E-state index contributed by atoms with van der Waals surface area (Å²) < 4.78 is 6.94. The second-order valence-electron chi connectivity index (χ2n) is 8.38. The van der Waals surface area contributed by atoms with Crippen LogP contribution in [0.3, 0.4) is 0 Å². The summed E-state index contributed by atoms with van der Waals surface area (Å²) in [7, 11) is 1.50. The molecule has 1 aliphatic heterocycles. The zero-order chi connectivity index (χ0) is 25.2. The molecule has 1 amide bonds. The molecule has 184 valence electrons. The number of anilines is 1. The number of ether oxygens (including phenoxy) is 1. The van der Waals surface area contributed by atoms with Crippen molar-refractivity contribution >= 4 is 40.2 Å². The van der Waals surface area contributed by atoms with Crippen molar-refractivity contribution in [2.24, 2.45) is 4.99 Å². The van der Waals surface area contributed by atoms with Crippen molar-refractivity contribution in [2.45, 2.75) is 13.8 Å². The van der Waals surface area contributed by atoms with Gasteiger partial charge in [-0.1, -0.05) is 12.1 Å². The van der Waals surface area contributed by atoms with E-state index in [9.17, 15) is 9.59 Å². The molecule has 0 radical (unpaired) electrons. The Morgan fingerprint density at radius 2 is 2.00 bits per heavy atom. The predicted octanol–water partition coefficient (Wildman–Crippen LogP) is 2.71. The van der Waals surface area contributed by atoms with Crippen molar-refractivity contribution in [1.82, 2.24) is 29.6 Å². The van der Waals surface area contributed by atoms with Gasteiger partial charge in [-0.2, -0.15) is 5.10 Å². The van der Waals surface area contributed by atoms with Crippen LogP contribution >= 0.6 is 0 Å². The number of aromatic nitrogens is 5. The third-order valence-corrected chi connectivity index (χ3v) is 6.33. The molecule has 11 nitrogen and oxygen atoms in total. The number of aliphatic imine (C=N–C) groups is 1. The van der Waals surface area contributed by atoms with Gasteiger partial charge in [0.15, 0.2) is 5.82 Å². The van der Waals surface area contributed by atoms with Gasteiger partial charge >= 0.3 is 0 Å². The molecule has 0 spiro atoms. The van der Waals surface area contributed by atoms with Crippen LogP contribution in [0.4, 0.5) is 11.4 Å². The largest absolute Gasteiger partial charge is 0.494 e. The lowest BCUT2D eigenvalue weighted by Crippen LogP contribution is -2.50. The fraction of sp³-hybridized carbons (Fsp3) is 0.280. The van der Waals surface area contributed by atoms with E-state index in [4.69, 9.17) is 4.74 Å². The number of amides is 1. The molecule has 11 heteroatoms. The SMILES string of the molecule is C/C=N\c1c(C)cccc1N1CCN(C(=O)C(=O)c2c[nH]c3c(-n4cncn4)ncc(OC)c23)CC1. The number of carbonyl (C=O) groups is 2. The fourth-order valence-corrected chi connectivity index (χ4v) is 4.53. The van der Waals surface area contributed by atoms with Crippen molar-refractivity contribution in [3.63, 3.8) is 0 Å². The second kappa shape index (κ2) is 9.61. The topological polar surface area (TPSA) is 122 Å². The van der Waals surface area contributed by atoms with Gasteiger partial charge < -0.3 is 19.5 Å². The van der Waals surface area contributed by atoms with E-state index in [1.807, 2.05) is 32.0 Å². The number of piperazine rings is 1. The van der Waals surface area contributed by atoms with E-state index in [2.05, 4.69) is 29.9 Å². The average Bonchev–Trinajstić information content (AvgIpc) is 3.60. The maximum absolute atomic E-state index is 13.4. The van der Waals surface area contributed by atoms with Gasteiger partial charge in [-0.3, -0.25) is 14.6 Å². The summed E-state index contributed by atoms with van der Waals surface area (Å²) in [6.07, 6.45) is 7.71. The number of nitrogens with one attached hydrogen (secondary N) is 1. The van der Waals surface area contributed by atoms with Crippen LogP contribution in [0.15, 0.2) is 48.2 Å². The van der Waals surface area contributed by atoms with Crippen LogP contribution in [-0.4, -0.2) is 80.8 Å². The van der Waals surface area contributed by atoms with Gasteiger partial charge in [0.2, 0.25) is 0 Å². The molecule has 4 heterocycles. The Balaban J connectivity index is 1.38. The van der Waals surface area contributed by atoms with Gasteiger partial charge in [0.25, 0.3) is 11.7 Å². The molecule has 1 aliphatic rings. The number of carbonyl (C=O) groups excluding carboxylic acids is 2. The number of Topliss-reactive ketones (excluding diaryl/α,β-unsaturated/α-hetero) is 1. The normalized spacial score (nSPS) is 14.1. The number of fused-ring (bicyclic) bond motifs is 1. The van der Waals surface area contributed by atoms with Gasteiger partial charge in [-0.25, -0.2) is 14.6 Å². The van der Waals surface area contributed by atoms with Crippen LogP contribution in [-0.2, 0) is 4.79 Å². The molecule has 5 rings (SSSR count). The second-order valence-corrected chi connectivity index (χ2v) is 8.38. The van der Waals surface area contributed by atoms with E-state index >= 15 is 0 Å². The minimum Gasteiger partial charge on any atom is -0.494 e. The predicted molar refractivity (Wildman–Crippen MR) is 136 cm³/mol. The number of benzene rings is 1. The minimum absolute atomic E-state index is 0.233. The van der Waals surface area contributed by atoms with E-state index in [0.29, 0.717) is 48.6 Å². The Kier molecular flexibility index (Phi) is 6.19. The van der Waals surface area contributed by atoms with Crippen molar-refractivity contribution in [2.75, 3.05) is 38.2 Å². The highest BCUT2D eigenvalue weighted by Crippen LogP contribution is 2.34. The van der Waals surface area contributed by atoms with Crippen molar-refractivity contribution in [3.05, 3.63) is 54.4 Å². The van der Waals surface area contributed by atoms with E-state index in [1.165, 1.54) is 36.8 Å². The third-order valence-electron chi connectivity index (χ3n) is 6.33. The summed E-state index contributed by atoms with van der Waals surface area (Å²) in [5, 5.41) is 4.60. The van der Waals surface area contributed by atoms with E-state index < -0.39 is 11.7 Å². The fourth-order valence-electron chi connectivity index (χ4n) is 4.53. The first-order valence-electron chi connectivity index (χ1n) is 11.6. The number of hydrogen-bond donors (Lipinski definition) is 1. The number of para-hydroxylation sites is 1. The van der Waals surface area contributed by atoms with Gasteiger partial charge in [0.05, 0.1) is 41.1 Å². The summed E-state index contributed by atoms with van der Waals surface area (Å²) in [4.78, 5) is 46.4. The van der Waals surface area contributed by atoms with Crippen LogP contribution < -0.4 is 9.64 Å². The zero-order valence-electron chi connectivity index (χ0n) is 20.3. The van der Waals surface area contributed by atoms with Crippen LogP contribution in [0.2, 0.25) is 0 Å². The Morgan fingerprint density at radius 1 is 1.19 bits per heavy atom. The highest BCUT2D eigenvalue weighted by Gasteiger charge is 2.30. The summed E-state index contributed by atoms with van der Waals surface area (Å²) in [5.41, 5.74) is 3.81. The van der Waals surface area contributed by atoms with Gasteiger partial charge in [0, 0.05) is 38.6 Å². The van der Waals surface area contributed by atoms with Crippen LogP contribution in [0, 0.1) is 6.92 Å². The molecule has 1 fully saturated rings. The summed E-state index contributed by atoms with van der Waals surface area (Å²) in [6.45, 7) is 5.99. The Labute approximate surface area is 207 Å². The number of pyridine rings is 1. The zero-order valence-corrected chi connectivity index (χ0v) is 20.3. The van der Waals surface area contributed by atoms with E-state index in [1.54, 1.807) is 11.1 Å². The monoisotopic (exact) mass is 486 g/mol. The number of nitrogens with zero attached hydrogens (tertiary/aromatic N) is 7. The quantitative estimate of drug-likeness (QED) is 0.253. The Hall–Kier alpha value is -4.54. The molecule has 0 saturated carbocycles. The molecule has 0 aliphatic carbocycles. The molecule has 36 heavy (non-hydrogen) atoms. The number of rotatable bonds is 6. The highest BCUT2D eigenvalue weighted by atomic mass is 16.5. The summed E-state index contributed by atoms with van der Waals surface area (Å²) in [6, 6.07) is 6.08. The van der Waals surface area contributed by atoms with Crippen molar-refractivity contribution in [3.8, 4) is 11.6 Å². The molecule has 3 aromatic heterocycles. The summed E-state index contributed by atoms with van der Waals surface area (Å²) >= 11 is 0. The molecule has 1 N–H and O–H groups in total.